The van der Waals surface area contributed by atoms with Crippen molar-refractivity contribution in [3.05, 3.63) is 59.2 Å². The van der Waals surface area contributed by atoms with Crippen LogP contribution in [0, 0.1) is 13.8 Å². The summed E-state index contributed by atoms with van der Waals surface area (Å²) in [6.45, 7) is 11.3. The Morgan fingerprint density at radius 3 is 2.50 bits per heavy atom. The van der Waals surface area contributed by atoms with Crippen LogP contribution < -0.4 is 4.74 Å². The van der Waals surface area contributed by atoms with Gasteiger partial charge in [-0.2, -0.15) is 0 Å². The first-order valence-electron chi connectivity index (χ1n) is 9.66. The Balaban J connectivity index is 1.66. The summed E-state index contributed by atoms with van der Waals surface area (Å²) in [6, 6.07) is 13.9. The van der Waals surface area contributed by atoms with E-state index < -0.39 is 5.60 Å². The number of morpholine rings is 1. The molecule has 1 amide bonds. The highest BCUT2D eigenvalue weighted by atomic mass is 16.6. The SMILES string of the molecule is Cc1cccc(Oc2ccc(C3CN(C(=O)OC(C)(C)C)CCO3)cc2)c1C. The first-order valence-corrected chi connectivity index (χ1v) is 9.66. The average molecular weight is 383 g/mol. The molecule has 0 spiro atoms. The van der Waals surface area contributed by atoms with E-state index in [1.165, 1.54) is 5.56 Å². The summed E-state index contributed by atoms with van der Waals surface area (Å²) in [4.78, 5) is 14.0. The van der Waals surface area contributed by atoms with Crippen molar-refractivity contribution < 1.29 is 19.0 Å². The zero-order valence-electron chi connectivity index (χ0n) is 17.3. The van der Waals surface area contributed by atoms with Gasteiger partial charge in [0.25, 0.3) is 0 Å². The van der Waals surface area contributed by atoms with Gasteiger partial charge in [-0.1, -0.05) is 24.3 Å². The molecular weight excluding hydrogens is 354 g/mol. The molecule has 5 nitrogen and oxygen atoms in total. The minimum absolute atomic E-state index is 0.170. The van der Waals surface area contributed by atoms with Gasteiger partial charge in [0.1, 0.15) is 23.2 Å². The maximum Gasteiger partial charge on any atom is 0.410 e. The van der Waals surface area contributed by atoms with E-state index in [9.17, 15) is 4.79 Å². The molecule has 0 aromatic heterocycles. The van der Waals surface area contributed by atoms with Crippen LogP contribution in [0.2, 0.25) is 0 Å². The molecule has 0 N–H and O–H groups in total. The van der Waals surface area contributed by atoms with Crippen LogP contribution in [-0.4, -0.2) is 36.3 Å². The van der Waals surface area contributed by atoms with Gasteiger partial charge in [-0.15, -0.1) is 0 Å². The number of hydrogen-bond acceptors (Lipinski definition) is 4. The van der Waals surface area contributed by atoms with E-state index in [4.69, 9.17) is 14.2 Å². The highest BCUT2D eigenvalue weighted by Crippen LogP contribution is 2.29. The normalized spacial score (nSPS) is 17.3. The lowest BCUT2D eigenvalue weighted by Crippen LogP contribution is -2.44. The van der Waals surface area contributed by atoms with Crippen LogP contribution in [0.3, 0.4) is 0 Å². The van der Waals surface area contributed by atoms with Gasteiger partial charge >= 0.3 is 6.09 Å². The molecule has 1 heterocycles. The molecular formula is C23H29NO4. The quantitative estimate of drug-likeness (QED) is 0.712. The maximum absolute atomic E-state index is 12.3. The molecule has 1 saturated heterocycles. The standard InChI is InChI=1S/C23H29NO4/c1-16-7-6-8-20(17(16)2)27-19-11-9-18(10-12-19)21-15-24(13-14-26-21)22(25)28-23(3,4)5/h6-12,21H,13-15H2,1-5H3. The maximum atomic E-state index is 12.3. The Kier molecular flexibility index (Phi) is 5.94. The van der Waals surface area contributed by atoms with Crippen molar-refractivity contribution >= 4 is 6.09 Å². The number of carbonyl (C=O) groups is 1. The fourth-order valence-electron chi connectivity index (χ4n) is 3.06. The molecule has 5 heteroatoms. The van der Waals surface area contributed by atoms with Crippen molar-refractivity contribution in [1.29, 1.82) is 0 Å². The molecule has 1 aliphatic rings. The first-order chi connectivity index (χ1) is 13.2. The predicted octanol–water partition coefficient (Wildman–Crippen LogP) is 5.40. The monoisotopic (exact) mass is 383 g/mol. The van der Waals surface area contributed by atoms with Gasteiger partial charge in [0.05, 0.1) is 13.2 Å². The van der Waals surface area contributed by atoms with Crippen molar-refractivity contribution in [3.63, 3.8) is 0 Å². The second kappa shape index (κ2) is 8.23. The third kappa shape index (κ3) is 5.04. The number of nitrogens with zero attached hydrogens (tertiary/aromatic N) is 1. The zero-order chi connectivity index (χ0) is 20.3. The molecule has 2 aromatic rings. The van der Waals surface area contributed by atoms with E-state index in [0.717, 1.165) is 22.6 Å². The minimum Gasteiger partial charge on any atom is -0.457 e. The topological polar surface area (TPSA) is 48.0 Å². The van der Waals surface area contributed by atoms with Crippen LogP contribution >= 0.6 is 0 Å². The molecule has 0 bridgehead atoms. The molecule has 2 aromatic carbocycles. The Labute approximate surface area is 167 Å². The summed E-state index contributed by atoms with van der Waals surface area (Å²) in [6.07, 6.45) is -0.466. The summed E-state index contributed by atoms with van der Waals surface area (Å²) in [5, 5.41) is 0. The molecule has 150 valence electrons. The van der Waals surface area contributed by atoms with Crippen molar-refractivity contribution in [2.24, 2.45) is 0 Å². The van der Waals surface area contributed by atoms with Gasteiger partial charge in [-0.05, 0) is 69.5 Å². The second-order valence-corrected chi connectivity index (χ2v) is 8.15. The first kappa shape index (κ1) is 20.2. The third-order valence-electron chi connectivity index (χ3n) is 4.75. The van der Waals surface area contributed by atoms with Gasteiger partial charge in [0.15, 0.2) is 0 Å². The second-order valence-electron chi connectivity index (χ2n) is 8.15. The van der Waals surface area contributed by atoms with E-state index in [1.807, 2.05) is 57.2 Å². The van der Waals surface area contributed by atoms with Crippen molar-refractivity contribution in [2.45, 2.75) is 46.3 Å². The fraction of sp³-hybridized carbons (Fsp3) is 0.435. The van der Waals surface area contributed by atoms with Crippen LogP contribution in [0.15, 0.2) is 42.5 Å². The van der Waals surface area contributed by atoms with Crippen LogP contribution in [0.1, 0.15) is 43.6 Å². The summed E-state index contributed by atoms with van der Waals surface area (Å²) >= 11 is 0. The zero-order valence-corrected chi connectivity index (χ0v) is 17.3. The number of ether oxygens (including phenoxy) is 3. The van der Waals surface area contributed by atoms with Crippen LogP contribution in [0.5, 0.6) is 11.5 Å². The lowest BCUT2D eigenvalue weighted by atomic mass is 10.1. The van der Waals surface area contributed by atoms with Gasteiger partial charge in [-0.3, -0.25) is 0 Å². The van der Waals surface area contributed by atoms with E-state index in [1.54, 1.807) is 4.90 Å². The molecule has 28 heavy (non-hydrogen) atoms. The summed E-state index contributed by atoms with van der Waals surface area (Å²) in [7, 11) is 0. The summed E-state index contributed by atoms with van der Waals surface area (Å²) < 4.78 is 17.4. The Morgan fingerprint density at radius 1 is 1.11 bits per heavy atom. The van der Waals surface area contributed by atoms with E-state index >= 15 is 0 Å². The lowest BCUT2D eigenvalue weighted by Gasteiger charge is -2.34. The predicted molar refractivity (Wildman–Crippen MR) is 109 cm³/mol. The highest BCUT2D eigenvalue weighted by molar-refractivity contribution is 5.68. The van der Waals surface area contributed by atoms with Gasteiger partial charge in [0, 0.05) is 6.54 Å². The van der Waals surface area contributed by atoms with Gasteiger partial charge in [0.2, 0.25) is 0 Å². The highest BCUT2D eigenvalue weighted by Gasteiger charge is 2.28. The largest absolute Gasteiger partial charge is 0.457 e. The molecule has 0 aliphatic carbocycles. The van der Waals surface area contributed by atoms with Crippen molar-refractivity contribution in [2.75, 3.05) is 19.7 Å². The van der Waals surface area contributed by atoms with Crippen LogP contribution in [-0.2, 0) is 9.47 Å². The summed E-state index contributed by atoms with van der Waals surface area (Å²) in [5.74, 6) is 1.63. The van der Waals surface area contributed by atoms with Crippen LogP contribution in [0.25, 0.3) is 0 Å². The molecule has 1 fully saturated rings. The number of hydrogen-bond donors (Lipinski definition) is 0. The molecule has 3 rings (SSSR count). The van der Waals surface area contributed by atoms with Gasteiger partial charge in [-0.25, -0.2) is 4.79 Å². The Morgan fingerprint density at radius 2 is 1.82 bits per heavy atom. The Bertz CT molecular complexity index is 823. The molecule has 0 saturated carbocycles. The van der Waals surface area contributed by atoms with Crippen molar-refractivity contribution in [1.82, 2.24) is 4.90 Å². The molecule has 1 unspecified atom stereocenters. The number of carbonyl (C=O) groups excluding carboxylic acids is 1. The molecule has 1 atom stereocenters. The molecule has 1 aliphatic heterocycles. The lowest BCUT2D eigenvalue weighted by molar-refractivity contribution is -0.0433. The smallest absolute Gasteiger partial charge is 0.410 e. The van der Waals surface area contributed by atoms with Crippen molar-refractivity contribution in [3.8, 4) is 11.5 Å². The minimum atomic E-state index is -0.502. The fourth-order valence-corrected chi connectivity index (χ4v) is 3.06. The van der Waals surface area contributed by atoms with Gasteiger partial charge < -0.3 is 19.1 Å². The number of benzene rings is 2. The Hall–Kier alpha value is -2.53. The third-order valence-corrected chi connectivity index (χ3v) is 4.75. The number of amides is 1. The van der Waals surface area contributed by atoms with E-state index in [-0.39, 0.29) is 12.2 Å². The van der Waals surface area contributed by atoms with E-state index in [0.29, 0.717) is 19.7 Å². The van der Waals surface area contributed by atoms with Crippen LogP contribution in [0.4, 0.5) is 4.79 Å². The van der Waals surface area contributed by atoms with E-state index in [2.05, 4.69) is 19.9 Å². The average Bonchev–Trinajstić information content (AvgIpc) is 2.65. The number of rotatable bonds is 3. The molecule has 0 radical (unpaired) electrons. The number of aryl methyl sites for hydroxylation is 1. The summed E-state index contributed by atoms with van der Waals surface area (Å²) in [5.41, 5.74) is 2.85.